The van der Waals surface area contributed by atoms with Gasteiger partial charge in [0.25, 0.3) is 0 Å². The number of hydrogen-bond donors (Lipinski definition) is 2. The molecule has 0 saturated carbocycles. The molecule has 0 bridgehead atoms. The summed E-state index contributed by atoms with van der Waals surface area (Å²) in [7, 11) is 7.65. The zero-order valence-corrected chi connectivity index (χ0v) is 8.80. The van der Waals surface area contributed by atoms with Crippen molar-refractivity contribution in [3.8, 4) is 0 Å². The van der Waals surface area contributed by atoms with Crippen molar-refractivity contribution in [1.82, 2.24) is 11.1 Å². The first-order valence-electron chi connectivity index (χ1n) is 2.52. The van der Waals surface area contributed by atoms with Crippen molar-refractivity contribution in [1.29, 1.82) is 0 Å². The Morgan fingerprint density at radius 1 is 1.30 bits per heavy atom. The van der Waals surface area contributed by atoms with Crippen molar-refractivity contribution < 1.29 is 4.58 Å². The molecule has 0 unspecified atom stereocenters. The molecule has 0 heterocycles. The highest BCUT2D eigenvalue weighted by Gasteiger charge is 2.00. The van der Waals surface area contributed by atoms with Gasteiger partial charge in [0, 0.05) is 0 Å². The van der Waals surface area contributed by atoms with Crippen LogP contribution in [-0.2, 0) is 0 Å². The fourth-order valence-electron chi connectivity index (χ4n) is 0.400. The van der Waals surface area contributed by atoms with E-state index in [0.29, 0.717) is 0 Å². The van der Waals surface area contributed by atoms with E-state index in [1.165, 1.54) is 0 Å². The van der Waals surface area contributed by atoms with E-state index < -0.39 is 0 Å². The summed E-state index contributed by atoms with van der Waals surface area (Å²) in [6.45, 7) is 0. The number of rotatable bonds is 0. The molecule has 10 heavy (non-hydrogen) atoms. The van der Waals surface area contributed by atoms with Crippen LogP contribution in [0.5, 0.6) is 0 Å². The molecule has 0 fully saturated rings. The maximum Gasteiger partial charge on any atom is 0.344 e. The minimum Gasteiger partial charge on any atom is -0.344 e. The predicted molar refractivity (Wildman–Crippen MR) is 50.3 cm³/mol. The molecule has 0 aromatic carbocycles. The van der Waals surface area contributed by atoms with Gasteiger partial charge in [-0.3, -0.25) is 15.2 Å². The summed E-state index contributed by atoms with van der Waals surface area (Å²) in [5, 5.41) is 0. The van der Waals surface area contributed by atoms with Crippen molar-refractivity contribution in [2.45, 2.75) is 0 Å². The lowest BCUT2D eigenvalue weighted by atomic mass is 10.8. The molecule has 0 atom stereocenters. The van der Waals surface area contributed by atoms with Gasteiger partial charge in [0.2, 0.25) is 0 Å². The first-order valence-corrected chi connectivity index (χ1v) is 2.52. The van der Waals surface area contributed by atoms with Gasteiger partial charge < -0.3 is 6.15 Å². The van der Waals surface area contributed by atoms with E-state index in [-0.39, 0.29) is 23.1 Å². The van der Waals surface area contributed by atoms with Crippen LogP contribution in [0.2, 0.25) is 0 Å². The molecule has 0 saturated heterocycles. The fraction of sp³-hybridized carbons (Fsp3) is 0.800. The summed E-state index contributed by atoms with van der Waals surface area (Å²) in [6.07, 6.45) is 0. The van der Waals surface area contributed by atoms with Crippen molar-refractivity contribution in [3.63, 3.8) is 0 Å². The molecular weight excluding hydrogens is 196 g/mol. The Labute approximate surface area is 73.1 Å². The SMILES string of the molecule is Br.CN(C)C(N)=[N+](C)C.N. The molecule has 0 amide bonds. The highest BCUT2D eigenvalue weighted by atomic mass is 79.9. The second-order valence-electron chi connectivity index (χ2n) is 2.15. The number of nitrogens with zero attached hydrogens (tertiary/aromatic N) is 2. The second kappa shape index (κ2) is 6.82. The molecule has 4 nitrogen and oxygen atoms in total. The lowest BCUT2D eigenvalue weighted by Crippen LogP contribution is -2.36. The Kier molecular flexibility index (Phi) is 11.2. The molecule has 0 radical (unpaired) electrons. The quantitative estimate of drug-likeness (QED) is 0.335. The van der Waals surface area contributed by atoms with Crippen LogP contribution in [0.3, 0.4) is 0 Å². The van der Waals surface area contributed by atoms with Crippen LogP contribution in [0.25, 0.3) is 0 Å². The van der Waals surface area contributed by atoms with E-state index in [4.69, 9.17) is 5.73 Å². The number of hydrogen-bond acceptors (Lipinski definition) is 1. The van der Waals surface area contributed by atoms with E-state index in [9.17, 15) is 0 Å². The van der Waals surface area contributed by atoms with Gasteiger partial charge in [-0.25, -0.2) is 0 Å². The lowest BCUT2D eigenvalue weighted by Gasteiger charge is -2.04. The van der Waals surface area contributed by atoms with Crippen molar-refractivity contribution in [3.05, 3.63) is 0 Å². The molecule has 0 aliphatic carbocycles. The van der Waals surface area contributed by atoms with Gasteiger partial charge in [-0.1, -0.05) is 0 Å². The van der Waals surface area contributed by atoms with E-state index in [2.05, 4.69) is 0 Å². The standard InChI is InChI=1S/C5H13N3.BrH.H3N/c1-7(2)5(6)8(3)4;;/h6H,1-4H3;1H;1H3/p+1. The van der Waals surface area contributed by atoms with E-state index in [1.807, 2.05) is 37.7 Å². The third kappa shape index (κ3) is 5.84. The molecule has 5 heteroatoms. The van der Waals surface area contributed by atoms with E-state index >= 15 is 0 Å². The maximum atomic E-state index is 5.53. The van der Waals surface area contributed by atoms with Crippen LogP contribution < -0.4 is 11.9 Å². The summed E-state index contributed by atoms with van der Waals surface area (Å²) in [6, 6.07) is 0. The Hall–Kier alpha value is -0.290. The van der Waals surface area contributed by atoms with Crippen molar-refractivity contribution in [2.24, 2.45) is 5.73 Å². The summed E-state index contributed by atoms with van der Waals surface area (Å²) in [4.78, 5) is 1.86. The van der Waals surface area contributed by atoms with Crippen molar-refractivity contribution >= 4 is 22.9 Å². The van der Waals surface area contributed by atoms with Crippen LogP contribution in [0, 0.1) is 0 Å². The van der Waals surface area contributed by atoms with E-state index in [1.54, 1.807) is 0 Å². The smallest absolute Gasteiger partial charge is 0.344 e. The average molecular weight is 214 g/mol. The molecule has 64 valence electrons. The third-order valence-corrected chi connectivity index (χ3v) is 0.916. The highest BCUT2D eigenvalue weighted by molar-refractivity contribution is 8.93. The van der Waals surface area contributed by atoms with Gasteiger partial charge in [-0.2, -0.15) is 0 Å². The van der Waals surface area contributed by atoms with Crippen molar-refractivity contribution in [2.75, 3.05) is 28.2 Å². The minimum absolute atomic E-state index is 0. The summed E-state index contributed by atoms with van der Waals surface area (Å²) in [5.74, 6) is 0.769. The molecule has 0 rings (SSSR count). The molecular formula is C5H18BrN4+. The monoisotopic (exact) mass is 213 g/mol. The first-order chi connectivity index (χ1) is 3.55. The molecule has 0 aromatic rings. The predicted octanol–water partition coefficient (Wildman–Crippen LogP) is -0.125. The van der Waals surface area contributed by atoms with E-state index in [0.717, 1.165) is 5.96 Å². The Morgan fingerprint density at radius 2 is 1.60 bits per heavy atom. The summed E-state index contributed by atoms with van der Waals surface area (Å²) < 4.78 is 1.86. The number of nitrogens with two attached hydrogens (primary N) is 1. The second-order valence-corrected chi connectivity index (χ2v) is 2.15. The zero-order valence-electron chi connectivity index (χ0n) is 7.09. The zero-order chi connectivity index (χ0) is 6.73. The summed E-state index contributed by atoms with van der Waals surface area (Å²) >= 11 is 0. The lowest BCUT2D eigenvalue weighted by molar-refractivity contribution is -0.470. The van der Waals surface area contributed by atoms with Gasteiger partial charge in [-0.15, -0.1) is 17.0 Å². The van der Waals surface area contributed by atoms with Crippen LogP contribution in [0.1, 0.15) is 0 Å². The Morgan fingerprint density at radius 3 is 1.60 bits per heavy atom. The average Bonchev–Trinajstić information content (AvgIpc) is 1.64. The molecule has 0 spiro atoms. The van der Waals surface area contributed by atoms with Gasteiger partial charge in [0.05, 0.1) is 28.2 Å². The van der Waals surface area contributed by atoms with Gasteiger partial charge in [-0.05, 0) is 0 Å². The van der Waals surface area contributed by atoms with Crippen LogP contribution >= 0.6 is 17.0 Å². The fourth-order valence-corrected chi connectivity index (χ4v) is 0.400. The number of halogens is 1. The number of guanidine groups is 1. The first kappa shape index (κ1) is 16.4. The molecule has 0 aliphatic heterocycles. The molecule has 0 aromatic heterocycles. The largest absolute Gasteiger partial charge is 0.344 e. The van der Waals surface area contributed by atoms with Crippen LogP contribution in [0.4, 0.5) is 0 Å². The topological polar surface area (TPSA) is 67.3 Å². The Balaban J connectivity index is -0.000000245. The van der Waals surface area contributed by atoms with Crippen LogP contribution in [-0.4, -0.2) is 43.6 Å². The molecule has 5 N–H and O–H groups in total. The summed E-state index contributed by atoms with van der Waals surface area (Å²) in [5.41, 5.74) is 5.53. The normalized spacial score (nSPS) is 6.80. The molecule has 0 aliphatic rings. The van der Waals surface area contributed by atoms with Gasteiger partial charge in [0.1, 0.15) is 0 Å². The minimum atomic E-state index is 0. The highest BCUT2D eigenvalue weighted by Crippen LogP contribution is 1.68. The maximum absolute atomic E-state index is 5.53. The van der Waals surface area contributed by atoms with Gasteiger partial charge in [0.15, 0.2) is 0 Å². The van der Waals surface area contributed by atoms with Crippen LogP contribution in [0.15, 0.2) is 0 Å². The third-order valence-electron chi connectivity index (χ3n) is 0.916. The van der Waals surface area contributed by atoms with Gasteiger partial charge >= 0.3 is 5.96 Å². The Bertz CT molecular complexity index is 106.